The van der Waals surface area contributed by atoms with Crippen molar-refractivity contribution in [3.8, 4) is 5.88 Å². The number of rotatable bonds is 12. The summed E-state index contributed by atoms with van der Waals surface area (Å²) in [7, 11) is 1.71. The highest BCUT2D eigenvalue weighted by molar-refractivity contribution is 7.08. The lowest BCUT2D eigenvalue weighted by molar-refractivity contribution is -0.677. The van der Waals surface area contributed by atoms with E-state index in [0.29, 0.717) is 11.1 Å². The summed E-state index contributed by atoms with van der Waals surface area (Å²) >= 11 is 1.22. The van der Waals surface area contributed by atoms with Crippen LogP contribution in [0, 0.1) is 16.7 Å². The maximum Gasteiger partial charge on any atom is 0.368 e. The van der Waals surface area contributed by atoms with Crippen LogP contribution in [0.1, 0.15) is 86.7 Å². The van der Waals surface area contributed by atoms with Gasteiger partial charge in [-0.3, -0.25) is 19.2 Å². The van der Waals surface area contributed by atoms with Gasteiger partial charge in [0.2, 0.25) is 6.10 Å². The van der Waals surface area contributed by atoms with E-state index in [1.165, 1.54) is 31.3 Å². The van der Waals surface area contributed by atoms with Crippen LogP contribution < -0.4 is 14.6 Å². The van der Waals surface area contributed by atoms with Crippen molar-refractivity contribution in [1.29, 1.82) is 0 Å². The number of Topliss-reactive ketones (excluding diaryl/α,β-unsaturated/α-hetero) is 1. The minimum Gasteiger partial charge on any atom is -0.455 e. The first kappa shape index (κ1) is 48.2. The van der Waals surface area contributed by atoms with E-state index in [1.54, 1.807) is 128 Å². The lowest BCUT2D eigenvalue weighted by atomic mass is 9.44. The normalized spacial score (nSPS) is 30.0. The van der Waals surface area contributed by atoms with Gasteiger partial charge in [0.25, 0.3) is 5.91 Å². The van der Waals surface area contributed by atoms with E-state index in [4.69, 9.17) is 28.4 Å². The van der Waals surface area contributed by atoms with Crippen LogP contribution in [0.5, 0.6) is 5.88 Å². The van der Waals surface area contributed by atoms with Crippen LogP contribution in [-0.2, 0) is 49.9 Å². The Morgan fingerprint density at radius 2 is 1.56 bits per heavy atom. The molecule has 2 aromatic heterocycles. The highest BCUT2D eigenvalue weighted by atomic mass is 32.1. The fourth-order valence-corrected chi connectivity index (χ4v) is 11.5. The van der Waals surface area contributed by atoms with Gasteiger partial charge >= 0.3 is 29.8 Å². The van der Waals surface area contributed by atoms with Crippen molar-refractivity contribution >= 4 is 46.9 Å². The average Bonchev–Trinajstić information content (AvgIpc) is 3.85. The fourth-order valence-electron chi connectivity index (χ4n) is 10.9. The molecule has 8 rings (SSSR count). The van der Waals surface area contributed by atoms with E-state index >= 15 is 9.59 Å². The molecule has 3 heterocycles. The minimum atomic E-state index is -2.38. The molecule has 11 atom stereocenters. The predicted molar refractivity (Wildman–Crippen MR) is 242 cm³/mol. The largest absolute Gasteiger partial charge is 0.455 e. The molecule has 3 aliphatic carbocycles. The summed E-state index contributed by atoms with van der Waals surface area (Å²) in [6.07, 6.45) is -8.28. The van der Waals surface area contributed by atoms with E-state index < -0.39 is 113 Å². The Hall–Kier alpha value is -6.27. The molecule has 1 amide bonds. The number of aromatic nitrogens is 1. The van der Waals surface area contributed by atoms with E-state index in [9.17, 15) is 29.4 Å². The summed E-state index contributed by atoms with van der Waals surface area (Å²) in [6.45, 7) is 8.18. The third-order valence-electron chi connectivity index (χ3n) is 14.5. The van der Waals surface area contributed by atoms with Crippen molar-refractivity contribution < 1.29 is 72.0 Å². The van der Waals surface area contributed by atoms with Crippen LogP contribution in [0.3, 0.4) is 0 Å². The van der Waals surface area contributed by atoms with Gasteiger partial charge in [0.1, 0.15) is 37.0 Å². The zero-order valence-electron chi connectivity index (χ0n) is 38.7. The van der Waals surface area contributed by atoms with Crippen molar-refractivity contribution in [1.82, 2.24) is 5.32 Å². The van der Waals surface area contributed by atoms with Gasteiger partial charge in [0, 0.05) is 49.1 Å². The van der Waals surface area contributed by atoms with E-state index in [-0.39, 0.29) is 35.6 Å². The molecule has 17 heteroatoms. The van der Waals surface area contributed by atoms with Crippen molar-refractivity contribution in [2.45, 2.75) is 108 Å². The van der Waals surface area contributed by atoms with Crippen LogP contribution >= 0.6 is 11.3 Å². The highest BCUT2D eigenvalue weighted by Crippen LogP contribution is 2.64. The molecule has 4 aromatic rings. The van der Waals surface area contributed by atoms with E-state index in [0.717, 1.165) is 6.92 Å². The summed E-state index contributed by atoms with van der Waals surface area (Å²) < 4.78 is 39.2. The molecule has 2 aromatic carbocycles. The summed E-state index contributed by atoms with van der Waals surface area (Å²) in [5.74, 6) is -6.23. The number of esters is 4. The maximum atomic E-state index is 15.7. The van der Waals surface area contributed by atoms with Gasteiger partial charge in [-0.2, -0.15) is 15.9 Å². The number of nitrogens with zero attached hydrogens (tertiary/aromatic N) is 1. The van der Waals surface area contributed by atoms with Crippen molar-refractivity contribution in [2.24, 2.45) is 23.8 Å². The van der Waals surface area contributed by atoms with Crippen LogP contribution in [0.2, 0.25) is 0 Å². The Balaban J connectivity index is 1.31. The number of thiophene rings is 1. The van der Waals surface area contributed by atoms with Crippen LogP contribution in [0.25, 0.3) is 0 Å². The van der Waals surface area contributed by atoms with Crippen molar-refractivity contribution in [3.05, 3.63) is 130 Å². The molecule has 68 heavy (non-hydrogen) atoms. The SMILES string of the molecule is CC(=O)O[C@H]1C(=O)[C@@]2(C)[C@H]([C@H](OC(=O)c3ccsc3)[C@]3(O)C[C@H](OC(=O)[C@H](Oc4cccc[n+]4C)[C@@H](NC(=O)c4ccccc4)c4ccccc4)C(C)=C1C3(C)C)[C@]1(OC(C)=O)CO[C@@H]1C[C@@H]2O. The first-order valence-electron chi connectivity index (χ1n) is 22.3. The average molecular weight is 952 g/mol. The van der Waals surface area contributed by atoms with Crippen molar-refractivity contribution in [2.75, 3.05) is 6.61 Å². The molecule has 0 unspecified atom stereocenters. The number of carbonyl (C=O) groups is 6. The smallest absolute Gasteiger partial charge is 0.368 e. The molecule has 1 saturated heterocycles. The summed E-state index contributed by atoms with van der Waals surface area (Å²) in [6, 6.07) is 22.5. The molecular formula is C51H55N2O14S+. The lowest BCUT2D eigenvalue weighted by Crippen LogP contribution is -2.82. The number of aliphatic hydroxyl groups is 2. The van der Waals surface area contributed by atoms with E-state index in [2.05, 4.69) is 5.32 Å². The molecule has 4 aliphatic rings. The predicted octanol–water partition coefficient (Wildman–Crippen LogP) is 4.71. The monoisotopic (exact) mass is 951 g/mol. The minimum absolute atomic E-state index is 0.0325. The molecule has 1 aliphatic heterocycles. The fraction of sp³-hybridized carbons (Fsp3) is 0.431. The van der Waals surface area contributed by atoms with Crippen LogP contribution in [-0.4, -0.2) is 100 Å². The number of aliphatic hydroxyl groups excluding tert-OH is 1. The number of fused-ring (bicyclic) bond motifs is 5. The highest BCUT2D eigenvalue weighted by Gasteiger charge is 2.78. The maximum absolute atomic E-state index is 15.7. The van der Waals surface area contributed by atoms with Gasteiger partial charge in [-0.05, 0) is 60.2 Å². The number of nitrogens with one attached hydrogen (secondary N) is 1. The van der Waals surface area contributed by atoms with Crippen molar-refractivity contribution in [3.63, 3.8) is 0 Å². The van der Waals surface area contributed by atoms with Crippen LogP contribution in [0.4, 0.5) is 0 Å². The van der Waals surface area contributed by atoms with Gasteiger partial charge in [-0.25, -0.2) is 9.59 Å². The van der Waals surface area contributed by atoms with Crippen LogP contribution in [0.15, 0.2) is 113 Å². The third-order valence-corrected chi connectivity index (χ3v) is 15.1. The zero-order valence-corrected chi connectivity index (χ0v) is 39.5. The second-order valence-corrected chi connectivity index (χ2v) is 19.5. The molecule has 16 nitrogen and oxygen atoms in total. The first-order chi connectivity index (χ1) is 32.2. The zero-order chi connectivity index (χ0) is 48.9. The van der Waals surface area contributed by atoms with E-state index in [1.807, 2.05) is 0 Å². The molecular weight excluding hydrogens is 897 g/mol. The molecule has 0 radical (unpaired) electrons. The number of amides is 1. The quantitative estimate of drug-likeness (QED) is 0.0760. The first-order valence-corrected chi connectivity index (χ1v) is 23.3. The third kappa shape index (κ3) is 8.18. The second kappa shape index (κ2) is 18.3. The molecule has 3 N–H and O–H groups in total. The Kier molecular flexibility index (Phi) is 13.0. The lowest BCUT2D eigenvalue weighted by Gasteiger charge is -2.67. The number of carbonyl (C=O) groups excluding carboxylic acids is 6. The number of aryl methyl sites for hydroxylation is 1. The number of ether oxygens (including phenoxy) is 6. The standard InChI is InChI=1S/C51H54N2O14S/c1-28-34(64-47(60)41(65-37-20-14-15-22-53(37)7)39(31-16-10-8-11-17-31)52-45(58)32-18-12-9-13-19-32)25-51(61)44(66-46(59)33-21-23-68-26-33)42-49(6,35(56)24-36-50(42,27-62-36)67-30(3)55)43(57)40(63-29(2)54)38(28)48(51,4)5/h8-23,26,34-36,39-42,44,56,61H,24-25,27H2,1-7H3/p+1/t34-,35-,36+,39-,40+,41+,42-,44-,49+,50-,51+/m0/s1. The van der Waals surface area contributed by atoms with Gasteiger partial charge in [0.15, 0.2) is 23.7 Å². The molecule has 3 fully saturated rings. The Labute approximate surface area is 397 Å². The Bertz CT molecular complexity index is 2640. The topological polar surface area (TPSA) is 214 Å². The van der Waals surface area contributed by atoms with Gasteiger partial charge in [-0.15, -0.1) is 0 Å². The number of hydrogen-bond donors (Lipinski definition) is 3. The second-order valence-electron chi connectivity index (χ2n) is 18.7. The number of hydrogen-bond acceptors (Lipinski definition) is 15. The molecule has 0 spiro atoms. The number of ketones is 1. The van der Waals surface area contributed by atoms with Gasteiger partial charge in [0.05, 0.1) is 35.7 Å². The number of pyridine rings is 1. The Morgan fingerprint density at radius 3 is 2.16 bits per heavy atom. The molecule has 2 saturated carbocycles. The molecule has 358 valence electrons. The summed E-state index contributed by atoms with van der Waals surface area (Å²) in [5.41, 5.74) is -6.70. The van der Waals surface area contributed by atoms with Gasteiger partial charge < -0.3 is 44.0 Å². The number of benzene rings is 2. The Morgan fingerprint density at radius 1 is 0.882 bits per heavy atom. The summed E-state index contributed by atoms with van der Waals surface area (Å²) in [5, 5.41) is 32.3. The summed E-state index contributed by atoms with van der Waals surface area (Å²) in [4.78, 5) is 85.6. The van der Waals surface area contributed by atoms with Gasteiger partial charge in [-0.1, -0.05) is 62.4 Å². The molecule has 2 bridgehead atoms.